The first-order valence-corrected chi connectivity index (χ1v) is 5.65. The van der Waals surface area contributed by atoms with Gasteiger partial charge in [-0.1, -0.05) is 19.1 Å². The third kappa shape index (κ3) is 2.30. The van der Waals surface area contributed by atoms with Crippen LogP contribution in [0.5, 0.6) is 0 Å². The van der Waals surface area contributed by atoms with E-state index >= 15 is 0 Å². The lowest BCUT2D eigenvalue weighted by Crippen LogP contribution is -2.35. The van der Waals surface area contributed by atoms with Gasteiger partial charge in [0.1, 0.15) is 0 Å². The minimum atomic E-state index is -0.123. The summed E-state index contributed by atoms with van der Waals surface area (Å²) >= 11 is 0. The van der Waals surface area contributed by atoms with Gasteiger partial charge in [0, 0.05) is 6.20 Å². The first-order chi connectivity index (χ1) is 7.81. The summed E-state index contributed by atoms with van der Waals surface area (Å²) < 4.78 is 0. The highest BCUT2D eigenvalue weighted by atomic mass is 16.1. The Balaban J connectivity index is 2.14. The summed E-state index contributed by atoms with van der Waals surface area (Å²) in [5.41, 5.74) is 0.947. The third-order valence-corrected chi connectivity index (χ3v) is 3.11. The van der Waals surface area contributed by atoms with E-state index in [2.05, 4.69) is 16.9 Å². The standard InChI is InChI=1S/C13H16N2O/c1-2-12(16)15-13(10-6-5-7-10)11-8-3-4-9-14-11/h2-4,8-10,13H,1,5-7H2,(H,15,16). The van der Waals surface area contributed by atoms with Gasteiger partial charge in [-0.15, -0.1) is 0 Å². The van der Waals surface area contributed by atoms with Gasteiger partial charge in [-0.25, -0.2) is 0 Å². The van der Waals surface area contributed by atoms with Crippen LogP contribution in [0.4, 0.5) is 0 Å². The van der Waals surface area contributed by atoms with E-state index in [1.54, 1.807) is 6.20 Å². The molecular weight excluding hydrogens is 200 g/mol. The molecule has 0 saturated heterocycles. The molecule has 1 aliphatic carbocycles. The molecule has 1 saturated carbocycles. The molecule has 0 aromatic carbocycles. The Morgan fingerprint density at radius 1 is 1.56 bits per heavy atom. The van der Waals surface area contributed by atoms with Crippen LogP contribution >= 0.6 is 0 Å². The summed E-state index contributed by atoms with van der Waals surface area (Å²) in [5, 5.41) is 2.97. The van der Waals surface area contributed by atoms with Crippen molar-refractivity contribution in [1.82, 2.24) is 10.3 Å². The first kappa shape index (κ1) is 10.9. The third-order valence-electron chi connectivity index (χ3n) is 3.11. The highest BCUT2D eigenvalue weighted by Crippen LogP contribution is 2.36. The molecular formula is C13H16N2O. The zero-order valence-electron chi connectivity index (χ0n) is 9.23. The molecule has 1 atom stereocenters. The molecule has 3 nitrogen and oxygen atoms in total. The smallest absolute Gasteiger partial charge is 0.243 e. The van der Waals surface area contributed by atoms with E-state index in [1.165, 1.54) is 25.3 Å². The van der Waals surface area contributed by atoms with Crippen molar-refractivity contribution in [2.75, 3.05) is 0 Å². The minimum absolute atomic E-state index is 0.0421. The highest BCUT2D eigenvalue weighted by molar-refractivity contribution is 5.87. The molecule has 1 aromatic heterocycles. The van der Waals surface area contributed by atoms with Crippen molar-refractivity contribution in [2.45, 2.75) is 25.3 Å². The molecule has 2 rings (SSSR count). The van der Waals surface area contributed by atoms with E-state index in [0.29, 0.717) is 5.92 Å². The molecule has 1 heterocycles. The van der Waals surface area contributed by atoms with Crippen LogP contribution in [-0.2, 0) is 4.79 Å². The Labute approximate surface area is 95.6 Å². The predicted molar refractivity (Wildman–Crippen MR) is 62.7 cm³/mol. The number of hydrogen-bond donors (Lipinski definition) is 1. The second kappa shape index (κ2) is 4.92. The van der Waals surface area contributed by atoms with E-state index in [4.69, 9.17) is 0 Å². The highest BCUT2D eigenvalue weighted by Gasteiger charge is 2.29. The second-order valence-corrected chi connectivity index (χ2v) is 4.14. The summed E-state index contributed by atoms with van der Waals surface area (Å²) in [7, 11) is 0. The van der Waals surface area contributed by atoms with E-state index in [9.17, 15) is 4.79 Å². The van der Waals surface area contributed by atoms with Gasteiger partial charge in [-0.2, -0.15) is 0 Å². The van der Waals surface area contributed by atoms with Gasteiger partial charge < -0.3 is 5.32 Å². The lowest BCUT2D eigenvalue weighted by molar-refractivity contribution is -0.117. The summed E-state index contributed by atoms with van der Waals surface area (Å²) in [6.45, 7) is 3.48. The van der Waals surface area contributed by atoms with Crippen molar-refractivity contribution in [1.29, 1.82) is 0 Å². The fourth-order valence-electron chi connectivity index (χ4n) is 1.98. The average molecular weight is 216 g/mol. The Morgan fingerprint density at radius 2 is 2.38 bits per heavy atom. The fourth-order valence-corrected chi connectivity index (χ4v) is 1.98. The molecule has 84 valence electrons. The number of aromatic nitrogens is 1. The van der Waals surface area contributed by atoms with Crippen molar-refractivity contribution in [3.8, 4) is 0 Å². The zero-order valence-corrected chi connectivity index (χ0v) is 9.23. The molecule has 16 heavy (non-hydrogen) atoms. The van der Waals surface area contributed by atoms with Crippen LogP contribution in [-0.4, -0.2) is 10.9 Å². The number of amides is 1. The van der Waals surface area contributed by atoms with Crippen LogP contribution in [0.15, 0.2) is 37.1 Å². The molecule has 0 aliphatic heterocycles. The van der Waals surface area contributed by atoms with Crippen LogP contribution in [0.25, 0.3) is 0 Å². The van der Waals surface area contributed by atoms with Gasteiger partial charge in [0.25, 0.3) is 0 Å². The number of rotatable bonds is 4. The van der Waals surface area contributed by atoms with E-state index in [-0.39, 0.29) is 11.9 Å². The lowest BCUT2D eigenvalue weighted by atomic mass is 9.78. The van der Waals surface area contributed by atoms with E-state index in [0.717, 1.165) is 5.69 Å². The molecule has 1 aliphatic rings. The normalized spacial score (nSPS) is 17.2. The molecule has 0 spiro atoms. The van der Waals surface area contributed by atoms with Crippen LogP contribution in [0.1, 0.15) is 31.0 Å². The summed E-state index contributed by atoms with van der Waals surface area (Å²) in [4.78, 5) is 15.7. The van der Waals surface area contributed by atoms with Crippen molar-refractivity contribution in [3.63, 3.8) is 0 Å². The molecule has 0 bridgehead atoms. The van der Waals surface area contributed by atoms with Crippen LogP contribution in [0.2, 0.25) is 0 Å². The largest absolute Gasteiger partial charge is 0.344 e. The molecule has 1 fully saturated rings. The SMILES string of the molecule is C=CC(=O)NC(c1ccccn1)C1CCC1. The van der Waals surface area contributed by atoms with Gasteiger partial charge in [-0.3, -0.25) is 9.78 Å². The summed E-state index contributed by atoms with van der Waals surface area (Å²) in [6, 6.07) is 5.84. The number of nitrogens with zero attached hydrogens (tertiary/aromatic N) is 1. The van der Waals surface area contributed by atoms with Crippen LogP contribution in [0, 0.1) is 5.92 Å². The Bertz CT molecular complexity index is 371. The number of carbonyl (C=O) groups excluding carboxylic acids is 1. The number of carbonyl (C=O) groups is 1. The Morgan fingerprint density at radius 3 is 2.88 bits per heavy atom. The maximum absolute atomic E-state index is 11.4. The van der Waals surface area contributed by atoms with Crippen molar-refractivity contribution in [3.05, 3.63) is 42.7 Å². The van der Waals surface area contributed by atoms with Gasteiger partial charge in [0.15, 0.2) is 0 Å². The van der Waals surface area contributed by atoms with E-state index < -0.39 is 0 Å². The average Bonchev–Trinajstić information content (AvgIpc) is 2.27. The van der Waals surface area contributed by atoms with Gasteiger partial charge in [0.2, 0.25) is 5.91 Å². The van der Waals surface area contributed by atoms with Crippen molar-refractivity contribution in [2.24, 2.45) is 5.92 Å². The summed E-state index contributed by atoms with van der Waals surface area (Å²) in [6.07, 6.45) is 6.66. The van der Waals surface area contributed by atoms with E-state index in [1.807, 2.05) is 18.2 Å². The first-order valence-electron chi connectivity index (χ1n) is 5.65. The fraction of sp³-hybridized carbons (Fsp3) is 0.385. The van der Waals surface area contributed by atoms with Gasteiger partial charge in [-0.05, 0) is 37.0 Å². The van der Waals surface area contributed by atoms with Crippen molar-refractivity contribution < 1.29 is 4.79 Å². The zero-order chi connectivity index (χ0) is 11.4. The Kier molecular flexibility index (Phi) is 3.34. The topological polar surface area (TPSA) is 42.0 Å². The Hall–Kier alpha value is -1.64. The predicted octanol–water partition coefficient (Wildman–Crippen LogP) is 2.22. The minimum Gasteiger partial charge on any atom is -0.344 e. The molecule has 3 heteroatoms. The number of hydrogen-bond acceptors (Lipinski definition) is 2. The van der Waals surface area contributed by atoms with Gasteiger partial charge >= 0.3 is 0 Å². The van der Waals surface area contributed by atoms with Crippen LogP contribution in [0.3, 0.4) is 0 Å². The molecule has 1 aromatic rings. The maximum atomic E-state index is 11.4. The lowest BCUT2D eigenvalue weighted by Gasteiger charge is -2.33. The summed E-state index contributed by atoms with van der Waals surface area (Å²) in [5.74, 6) is 0.404. The molecule has 1 N–H and O–H groups in total. The second-order valence-electron chi connectivity index (χ2n) is 4.14. The number of nitrogens with one attached hydrogen (secondary N) is 1. The molecule has 1 amide bonds. The maximum Gasteiger partial charge on any atom is 0.243 e. The van der Waals surface area contributed by atoms with Gasteiger partial charge in [0.05, 0.1) is 11.7 Å². The monoisotopic (exact) mass is 216 g/mol. The van der Waals surface area contributed by atoms with Crippen molar-refractivity contribution >= 4 is 5.91 Å². The molecule has 0 radical (unpaired) electrons. The van der Waals surface area contributed by atoms with Crippen LogP contribution < -0.4 is 5.32 Å². The number of pyridine rings is 1. The quantitative estimate of drug-likeness (QED) is 0.784. The molecule has 1 unspecified atom stereocenters.